The van der Waals surface area contributed by atoms with Gasteiger partial charge in [-0.2, -0.15) is 0 Å². The Kier molecular flexibility index (Phi) is 8.09. The summed E-state index contributed by atoms with van der Waals surface area (Å²) < 4.78 is 5.78. The van der Waals surface area contributed by atoms with E-state index < -0.39 is 6.10 Å². The van der Waals surface area contributed by atoms with Crippen LogP contribution >= 0.6 is 12.4 Å². The monoisotopic (exact) mass is 313 g/mol. The Hall–Kier alpha value is -0.770. The van der Waals surface area contributed by atoms with Crippen molar-refractivity contribution >= 4 is 12.4 Å². The molecule has 0 aromatic heterocycles. The molecule has 1 N–H and O–H groups in total. The van der Waals surface area contributed by atoms with Crippen molar-refractivity contribution in [2.45, 2.75) is 45.6 Å². The van der Waals surface area contributed by atoms with E-state index in [2.05, 4.69) is 24.0 Å². The average Bonchev–Trinajstić information content (AvgIpc) is 2.68. The first-order chi connectivity index (χ1) is 9.65. The van der Waals surface area contributed by atoms with Crippen LogP contribution in [0.4, 0.5) is 0 Å². The second-order valence-electron chi connectivity index (χ2n) is 5.95. The first kappa shape index (κ1) is 18.3. The number of halogens is 1. The minimum absolute atomic E-state index is 0. The summed E-state index contributed by atoms with van der Waals surface area (Å²) in [5, 5.41) is 10.1. The van der Waals surface area contributed by atoms with E-state index in [9.17, 15) is 5.11 Å². The van der Waals surface area contributed by atoms with Crippen LogP contribution in [0.3, 0.4) is 0 Å². The molecule has 1 aromatic rings. The van der Waals surface area contributed by atoms with Crippen LogP contribution in [0, 0.1) is 13.8 Å². The summed E-state index contributed by atoms with van der Waals surface area (Å²) in [6.45, 7) is 7.42. The van der Waals surface area contributed by atoms with E-state index in [-0.39, 0.29) is 12.4 Å². The Bertz CT molecular complexity index is 417. The smallest absolute Gasteiger partial charge is 0.122 e. The van der Waals surface area contributed by atoms with Gasteiger partial charge in [0.1, 0.15) is 18.5 Å². The first-order valence-electron chi connectivity index (χ1n) is 7.75. The van der Waals surface area contributed by atoms with Gasteiger partial charge in [-0.05, 0) is 57.0 Å². The third kappa shape index (κ3) is 6.25. The number of ether oxygens (including phenoxy) is 1. The Labute approximate surface area is 134 Å². The van der Waals surface area contributed by atoms with Crippen LogP contribution in [0.15, 0.2) is 18.2 Å². The average molecular weight is 314 g/mol. The highest BCUT2D eigenvalue weighted by Crippen LogP contribution is 2.19. The van der Waals surface area contributed by atoms with Crippen molar-refractivity contribution in [3.05, 3.63) is 29.3 Å². The molecule has 2 rings (SSSR count). The van der Waals surface area contributed by atoms with Gasteiger partial charge in [-0.25, -0.2) is 0 Å². The van der Waals surface area contributed by atoms with Crippen molar-refractivity contribution in [3.63, 3.8) is 0 Å². The minimum atomic E-state index is -0.409. The Morgan fingerprint density at radius 3 is 2.48 bits per heavy atom. The molecule has 1 fully saturated rings. The van der Waals surface area contributed by atoms with Crippen LogP contribution in [-0.4, -0.2) is 42.4 Å². The van der Waals surface area contributed by atoms with Gasteiger partial charge in [0.25, 0.3) is 0 Å². The maximum atomic E-state index is 10.1. The van der Waals surface area contributed by atoms with Gasteiger partial charge in [0.2, 0.25) is 0 Å². The number of β-amino-alcohol motifs (C(OH)–C–C–N with tert-alkyl or cyclic N) is 1. The summed E-state index contributed by atoms with van der Waals surface area (Å²) in [5.74, 6) is 0.889. The molecule has 1 unspecified atom stereocenters. The van der Waals surface area contributed by atoms with Crippen molar-refractivity contribution in [2.75, 3.05) is 26.2 Å². The number of likely N-dealkylation sites (tertiary alicyclic amines) is 1. The van der Waals surface area contributed by atoms with Crippen LogP contribution in [0.5, 0.6) is 5.75 Å². The van der Waals surface area contributed by atoms with Gasteiger partial charge in [-0.1, -0.05) is 25.0 Å². The molecule has 0 bridgehead atoms. The maximum Gasteiger partial charge on any atom is 0.122 e. The number of aryl methyl sites for hydroxylation is 2. The molecule has 120 valence electrons. The number of nitrogens with zero attached hydrogens (tertiary/aromatic N) is 1. The molecule has 1 heterocycles. The Morgan fingerprint density at radius 1 is 1.14 bits per heavy atom. The predicted octanol–water partition coefficient (Wildman–Crippen LogP) is 3.34. The number of benzene rings is 1. The normalized spacial score (nSPS) is 17.7. The Morgan fingerprint density at radius 2 is 1.81 bits per heavy atom. The molecule has 1 aliphatic heterocycles. The molecule has 4 heteroatoms. The molecule has 0 radical (unpaired) electrons. The van der Waals surface area contributed by atoms with Crippen molar-refractivity contribution in [3.8, 4) is 5.75 Å². The number of aliphatic hydroxyl groups is 1. The van der Waals surface area contributed by atoms with E-state index in [4.69, 9.17) is 4.74 Å². The molecule has 1 aromatic carbocycles. The zero-order chi connectivity index (χ0) is 14.4. The van der Waals surface area contributed by atoms with Gasteiger partial charge in [0.15, 0.2) is 0 Å². The summed E-state index contributed by atoms with van der Waals surface area (Å²) in [5.41, 5.74) is 2.31. The molecule has 0 spiro atoms. The highest BCUT2D eigenvalue weighted by molar-refractivity contribution is 5.85. The van der Waals surface area contributed by atoms with Crippen LogP contribution in [-0.2, 0) is 0 Å². The number of rotatable bonds is 5. The largest absolute Gasteiger partial charge is 0.491 e. The summed E-state index contributed by atoms with van der Waals surface area (Å²) in [4.78, 5) is 2.37. The molecule has 1 aliphatic rings. The lowest BCUT2D eigenvalue weighted by Crippen LogP contribution is -2.36. The van der Waals surface area contributed by atoms with Crippen molar-refractivity contribution in [1.82, 2.24) is 4.90 Å². The van der Waals surface area contributed by atoms with Crippen LogP contribution in [0.2, 0.25) is 0 Å². The topological polar surface area (TPSA) is 32.7 Å². The van der Waals surface area contributed by atoms with E-state index in [1.165, 1.54) is 31.2 Å². The van der Waals surface area contributed by atoms with Gasteiger partial charge in [-0.15, -0.1) is 12.4 Å². The summed E-state index contributed by atoms with van der Waals surface area (Å²) >= 11 is 0. The van der Waals surface area contributed by atoms with Gasteiger partial charge >= 0.3 is 0 Å². The minimum Gasteiger partial charge on any atom is -0.491 e. The van der Waals surface area contributed by atoms with Crippen LogP contribution in [0.25, 0.3) is 0 Å². The van der Waals surface area contributed by atoms with Gasteiger partial charge in [-0.3, -0.25) is 0 Å². The number of aliphatic hydroxyl groups excluding tert-OH is 1. The molecule has 1 atom stereocenters. The van der Waals surface area contributed by atoms with E-state index in [1.807, 2.05) is 13.0 Å². The van der Waals surface area contributed by atoms with Gasteiger partial charge in [0.05, 0.1) is 0 Å². The number of hydrogen-bond acceptors (Lipinski definition) is 3. The molecular formula is C17H28ClNO2. The third-order valence-electron chi connectivity index (χ3n) is 3.94. The second kappa shape index (κ2) is 9.29. The molecule has 1 saturated heterocycles. The van der Waals surface area contributed by atoms with Crippen molar-refractivity contribution in [1.29, 1.82) is 0 Å². The highest BCUT2D eigenvalue weighted by Gasteiger charge is 2.14. The van der Waals surface area contributed by atoms with Gasteiger partial charge in [0, 0.05) is 6.54 Å². The number of hydrogen-bond donors (Lipinski definition) is 1. The predicted molar refractivity (Wildman–Crippen MR) is 89.6 cm³/mol. The maximum absolute atomic E-state index is 10.1. The fourth-order valence-corrected chi connectivity index (χ4v) is 2.72. The lowest BCUT2D eigenvalue weighted by Gasteiger charge is -2.23. The molecule has 21 heavy (non-hydrogen) atoms. The Balaban J connectivity index is 0.00000220. The summed E-state index contributed by atoms with van der Waals surface area (Å²) in [6.07, 6.45) is 4.75. The van der Waals surface area contributed by atoms with Crippen LogP contribution < -0.4 is 4.74 Å². The molecular weight excluding hydrogens is 286 g/mol. The van der Waals surface area contributed by atoms with E-state index in [0.717, 1.165) is 30.9 Å². The highest BCUT2D eigenvalue weighted by atomic mass is 35.5. The SMILES string of the molecule is Cc1ccc(C)c(OCC(O)CN2CCCCCC2)c1.Cl. The molecule has 3 nitrogen and oxygen atoms in total. The molecule has 0 amide bonds. The first-order valence-corrected chi connectivity index (χ1v) is 7.75. The fraction of sp³-hybridized carbons (Fsp3) is 0.647. The van der Waals surface area contributed by atoms with E-state index >= 15 is 0 Å². The second-order valence-corrected chi connectivity index (χ2v) is 5.95. The third-order valence-corrected chi connectivity index (χ3v) is 3.94. The quantitative estimate of drug-likeness (QED) is 0.905. The lowest BCUT2D eigenvalue weighted by molar-refractivity contribution is 0.0691. The van der Waals surface area contributed by atoms with E-state index in [0.29, 0.717) is 6.61 Å². The zero-order valence-electron chi connectivity index (χ0n) is 13.2. The van der Waals surface area contributed by atoms with E-state index in [1.54, 1.807) is 0 Å². The lowest BCUT2D eigenvalue weighted by atomic mass is 10.1. The fourth-order valence-electron chi connectivity index (χ4n) is 2.72. The summed E-state index contributed by atoms with van der Waals surface area (Å²) in [6, 6.07) is 6.18. The zero-order valence-corrected chi connectivity index (χ0v) is 14.0. The standard InChI is InChI=1S/C17H27NO2.ClH/c1-14-7-8-15(2)17(11-14)20-13-16(19)12-18-9-5-3-4-6-10-18;/h7-8,11,16,19H,3-6,9-10,12-13H2,1-2H3;1H. The summed E-state index contributed by atoms with van der Waals surface area (Å²) in [7, 11) is 0. The molecule has 0 aliphatic carbocycles. The van der Waals surface area contributed by atoms with Crippen molar-refractivity contribution < 1.29 is 9.84 Å². The van der Waals surface area contributed by atoms with Crippen molar-refractivity contribution in [2.24, 2.45) is 0 Å². The molecule has 0 saturated carbocycles. The van der Waals surface area contributed by atoms with Crippen LogP contribution in [0.1, 0.15) is 36.8 Å². The van der Waals surface area contributed by atoms with Gasteiger partial charge < -0.3 is 14.7 Å².